The van der Waals surface area contributed by atoms with Gasteiger partial charge in [0.2, 0.25) is 0 Å². The van der Waals surface area contributed by atoms with Crippen molar-refractivity contribution in [2.45, 2.75) is 56.7 Å². The SMILES string of the molecule is CCOc1cc(CCC(O)CC2OC[C@@H](O)C(O)[C@H]2O)ccc1O. The molecule has 0 saturated carbocycles. The summed E-state index contributed by atoms with van der Waals surface area (Å²) in [6, 6.07) is 5.05. The highest BCUT2D eigenvalue weighted by Crippen LogP contribution is 2.28. The number of benzene rings is 1. The zero-order chi connectivity index (χ0) is 17.7. The fraction of sp³-hybridized carbons (Fsp3) is 0.647. The fourth-order valence-electron chi connectivity index (χ4n) is 2.78. The summed E-state index contributed by atoms with van der Waals surface area (Å²) >= 11 is 0. The van der Waals surface area contributed by atoms with Crippen molar-refractivity contribution in [3.05, 3.63) is 23.8 Å². The third-order valence-corrected chi connectivity index (χ3v) is 4.20. The van der Waals surface area contributed by atoms with E-state index in [1.807, 2.05) is 6.92 Å². The van der Waals surface area contributed by atoms with Crippen LogP contribution in [0.2, 0.25) is 0 Å². The zero-order valence-electron chi connectivity index (χ0n) is 13.7. The molecule has 5 N–H and O–H groups in total. The summed E-state index contributed by atoms with van der Waals surface area (Å²) in [4.78, 5) is 0. The second-order valence-electron chi connectivity index (χ2n) is 6.08. The van der Waals surface area contributed by atoms with Gasteiger partial charge in [0.25, 0.3) is 0 Å². The Kier molecular flexibility index (Phi) is 6.82. The molecule has 0 bridgehead atoms. The molecule has 136 valence electrons. The number of ether oxygens (including phenoxy) is 2. The number of hydrogen-bond acceptors (Lipinski definition) is 7. The van der Waals surface area contributed by atoms with E-state index in [1.54, 1.807) is 18.2 Å². The first-order valence-electron chi connectivity index (χ1n) is 8.21. The van der Waals surface area contributed by atoms with Crippen molar-refractivity contribution in [3.8, 4) is 11.5 Å². The maximum Gasteiger partial charge on any atom is 0.161 e. The van der Waals surface area contributed by atoms with E-state index in [9.17, 15) is 25.5 Å². The number of hydrogen-bond donors (Lipinski definition) is 5. The smallest absolute Gasteiger partial charge is 0.161 e. The van der Waals surface area contributed by atoms with Crippen LogP contribution < -0.4 is 4.74 Å². The Labute approximate surface area is 141 Å². The largest absolute Gasteiger partial charge is 0.504 e. The lowest BCUT2D eigenvalue weighted by atomic mass is 9.94. The maximum atomic E-state index is 10.1. The fourth-order valence-corrected chi connectivity index (χ4v) is 2.78. The molecule has 1 fully saturated rings. The first-order valence-corrected chi connectivity index (χ1v) is 8.21. The van der Waals surface area contributed by atoms with E-state index in [2.05, 4.69) is 0 Å². The van der Waals surface area contributed by atoms with Gasteiger partial charge in [0.15, 0.2) is 11.5 Å². The lowest BCUT2D eigenvalue weighted by Gasteiger charge is -2.36. The standard InChI is InChI=1S/C17H26O7/c1-2-23-14-7-10(4-6-12(14)19)3-5-11(18)8-15-17(22)16(21)13(20)9-24-15/h4,6-7,11,13,15-22H,2-3,5,8-9H2,1H3/t11?,13-,15?,16?,17+/m1/s1. The minimum Gasteiger partial charge on any atom is -0.504 e. The molecule has 1 heterocycles. The van der Waals surface area contributed by atoms with E-state index in [0.29, 0.717) is 25.2 Å². The van der Waals surface area contributed by atoms with Crippen LogP contribution in [-0.2, 0) is 11.2 Å². The average Bonchev–Trinajstić information content (AvgIpc) is 2.56. The lowest BCUT2D eigenvalue weighted by molar-refractivity contribution is -0.193. The van der Waals surface area contributed by atoms with Crippen molar-refractivity contribution in [3.63, 3.8) is 0 Å². The summed E-state index contributed by atoms with van der Waals surface area (Å²) in [6.45, 7) is 2.22. The van der Waals surface area contributed by atoms with Gasteiger partial charge in [0.05, 0.1) is 25.4 Å². The van der Waals surface area contributed by atoms with Gasteiger partial charge in [-0.1, -0.05) is 6.07 Å². The summed E-state index contributed by atoms with van der Waals surface area (Å²) in [5, 5.41) is 48.8. The van der Waals surface area contributed by atoms with Crippen LogP contribution in [0.25, 0.3) is 0 Å². The second-order valence-corrected chi connectivity index (χ2v) is 6.08. The number of phenols is 1. The van der Waals surface area contributed by atoms with Gasteiger partial charge in [0, 0.05) is 6.42 Å². The van der Waals surface area contributed by atoms with Crippen molar-refractivity contribution >= 4 is 0 Å². The summed E-state index contributed by atoms with van der Waals surface area (Å²) < 4.78 is 10.6. The van der Waals surface area contributed by atoms with Crippen LogP contribution >= 0.6 is 0 Å². The molecule has 1 aromatic rings. The van der Waals surface area contributed by atoms with Crippen molar-refractivity contribution in [1.82, 2.24) is 0 Å². The van der Waals surface area contributed by atoms with Crippen molar-refractivity contribution in [1.29, 1.82) is 0 Å². The van der Waals surface area contributed by atoms with Crippen molar-refractivity contribution in [2.24, 2.45) is 0 Å². The topological polar surface area (TPSA) is 120 Å². The Balaban J connectivity index is 1.85. The molecule has 0 amide bonds. The number of aryl methyl sites for hydroxylation is 1. The van der Waals surface area contributed by atoms with E-state index in [0.717, 1.165) is 5.56 Å². The predicted molar refractivity (Wildman–Crippen MR) is 86.0 cm³/mol. The van der Waals surface area contributed by atoms with Crippen LogP contribution in [0.15, 0.2) is 18.2 Å². The van der Waals surface area contributed by atoms with Crippen LogP contribution in [0.1, 0.15) is 25.3 Å². The molecule has 1 saturated heterocycles. The second kappa shape index (κ2) is 8.64. The highest BCUT2D eigenvalue weighted by atomic mass is 16.5. The molecule has 24 heavy (non-hydrogen) atoms. The monoisotopic (exact) mass is 342 g/mol. The van der Waals surface area contributed by atoms with E-state index in [1.165, 1.54) is 0 Å². The predicted octanol–water partition coefficient (Wildman–Crippen LogP) is -0.0440. The molecule has 7 heteroatoms. The van der Waals surface area contributed by atoms with Gasteiger partial charge >= 0.3 is 0 Å². The number of phenolic OH excluding ortho intramolecular Hbond substituents is 1. The summed E-state index contributed by atoms with van der Waals surface area (Å²) in [5.74, 6) is 0.486. The van der Waals surface area contributed by atoms with Gasteiger partial charge in [-0.05, 0) is 37.5 Å². The number of aliphatic hydroxyl groups excluding tert-OH is 4. The molecule has 0 aromatic heterocycles. The third kappa shape index (κ3) is 4.81. The first kappa shape index (κ1) is 19.0. The van der Waals surface area contributed by atoms with E-state index < -0.39 is 30.5 Å². The minimum atomic E-state index is -1.26. The van der Waals surface area contributed by atoms with Crippen LogP contribution in [0.3, 0.4) is 0 Å². The van der Waals surface area contributed by atoms with Gasteiger partial charge in [0.1, 0.15) is 18.3 Å². The highest BCUT2D eigenvalue weighted by molar-refractivity contribution is 5.41. The Morgan fingerprint density at radius 3 is 2.71 bits per heavy atom. The Hall–Kier alpha value is -1.38. The molecule has 0 spiro atoms. The van der Waals surface area contributed by atoms with E-state index in [4.69, 9.17) is 9.47 Å². The molecule has 0 aliphatic carbocycles. The van der Waals surface area contributed by atoms with Gasteiger partial charge < -0.3 is 35.0 Å². The Bertz CT molecular complexity index is 522. The molecule has 3 unspecified atom stereocenters. The molecule has 1 aromatic carbocycles. The first-order chi connectivity index (χ1) is 11.4. The van der Waals surface area contributed by atoms with Gasteiger partial charge in [-0.15, -0.1) is 0 Å². The number of aromatic hydroxyl groups is 1. The molecule has 7 nitrogen and oxygen atoms in total. The van der Waals surface area contributed by atoms with Gasteiger partial charge in [-0.3, -0.25) is 0 Å². The van der Waals surface area contributed by atoms with Crippen molar-refractivity contribution in [2.75, 3.05) is 13.2 Å². The van der Waals surface area contributed by atoms with Crippen molar-refractivity contribution < 1.29 is 35.0 Å². The molecule has 1 aliphatic heterocycles. The number of aliphatic hydroxyl groups is 4. The molecule has 5 atom stereocenters. The quantitative estimate of drug-likeness (QED) is 0.471. The Morgan fingerprint density at radius 1 is 1.25 bits per heavy atom. The number of rotatable bonds is 7. The highest BCUT2D eigenvalue weighted by Gasteiger charge is 2.38. The van der Waals surface area contributed by atoms with Gasteiger partial charge in [-0.25, -0.2) is 0 Å². The average molecular weight is 342 g/mol. The van der Waals surface area contributed by atoms with Crippen LogP contribution in [0.4, 0.5) is 0 Å². The lowest BCUT2D eigenvalue weighted by Crippen LogP contribution is -2.53. The minimum absolute atomic E-state index is 0.0642. The third-order valence-electron chi connectivity index (χ3n) is 4.20. The molecular weight excluding hydrogens is 316 g/mol. The molecule has 0 radical (unpaired) electrons. The van der Waals surface area contributed by atoms with Crippen LogP contribution in [-0.4, -0.2) is 69.3 Å². The molecular formula is C17H26O7. The van der Waals surface area contributed by atoms with E-state index in [-0.39, 0.29) is 18.8 Å². The summed E-state index contributed by atoms with van der Waals surface area (Å²) in [5.41, 5.74) is 0.913. The van der Waals surface area contributed by atoms with E-state index >= 15 is 0 Å². The zero-order valence-corrected chi connectivity index (χ0v) is 13.7. The molecule has 1 aliphatic rings. The summed E-state index contributed by atoms with van der Waals surface area (Å²) in [7, 11) is 0. The Morgan fingerprint density at radius 2 is 2.00 bits per heavy atom. The molecule has 2 rings (SSSR count). The summed E-state index contributed by atoms with van der Waals surface area (Å²) in [6.07, 6.45) is -3.86. The maximum absolute atomic E-state index is 10.1. The normalized spacial score (nSPS) is 28.5. The van der Waals surface area contributed by atoms with Crippen LogP contribution in [0.5, 0.6) is 11.5 Å². The van der Waals surface area contributed by atoms with Gasteiger partial charge in [-0.2, -0.15) is 0 Å². The van der Waals surface area contributed by atoms with Crippen LogP contribution in [0, 0.1) is 0 Å².